The van der Waals surface area contributed by atoms with Gasteiger partial charge in [-0.25, -0.2) is 0 Å². The zero-order valence-corrected chi connectivity index (χ0v) is 25.0. The summed E-state index contributed by atoms with van der Waals surface area (Å²) >= 11 is 0. The Morgan fingerprint density at radius 1 is 0.861 bits per heavy atom. The van der Waals surface area contributed by atoms with Crippen LogP contribution in [0.2, 0.25) is 0 Å². The van der Waals surface area contributed by atoms with Crippen LogP contribution < -0.4 is 11.5 Å². The second-order valence-electron chi connectivity index (χ2n) is 13.0. The zero-order chi connectivity index (χ0) is 26.4. The van der Waals surface area contributed by atoms with Crippen LogP contribution in [0.15, 0.2) is 0 Å². The number of fused-ring (bicyclic) bond motifs is 1. The van der Waals surface area contributed by atoms with Crippen molar-refractivity contribution < 1.29 is 9.47 Å². The molecule has 0 heterocycles. The molecule has 36 heavy (non-hydrogen) atoms. The number of hydrogen-bond donors (Lipinski definition) is 2. The predicted octanol–water partition coefficient (Wildman–Crippen LogP) is 7.72. The molecule has 2 saturated carbocycles. The summed E-state index contributed by atoms with van der Waals surface area (Å²) in [6.07, 6.45) is 19.8. The van der Waals surface area contributed by atoms with Crippen molar-refractivity contribution in [2.45, 2.75) is 137 Å². The fraction of sp³-hybridized carbons (Fsp3) is 1.00. The van der Waals surface area contributed by atoms with Crippen LogP contribution in [0.4, 0.5) is 0 Å². The van der Waals surface area contributed by atoms with E-state index in [1.807, 2.05) is 0 Å². The first-order valence-corrected chi connectivity index (χ1v) is 16.0. The van der Waals surface area contributed by atoms with Gasteiger partial charge in [-0.3, -0.25) is 0 Å². The van der Waals surface area contributed by atoms with Gasteiger partial charge >= 0.3 is 0 Å². The van der Waals surface area contributed by atoms with Gasteiger partial charge < -0.3 is 20.9 Å². The van der Waals surface area contributed by atoms with Gasteiger partial charge in [0.05, 0.1) is 6.10 Å². The van der Waals surface area contributed by atoms with Crippen molar-refractivity contribution in [3.05, 3.63) is 0 Å². The Kier molecular flexibility index (Phi) is 14.9. The normalized spacial score (nSPS) is 30.8. The van der Waals surface area contributed by atoms with Gasteiger partial charge in [-0.15, -0.1) is 0 Å². The lowest BCUT2D eigenvalue weighted by Gasteiger charge is -2.54. The van der Waals surface area contributed by atoms with Gasteiger partial charge in [0.1, 0.15) is 0 Å². The molecule has 0 aromatic carbocycles. The van der Waals surface area contributed by atoms with Crippen LogP contribution in [-0.2, 0) is 9.47 Å². The smallest absolute Gasteiger partial charge is 0.0636 e. The van der Waals surface area contributed by atoms with Crippen molar-refractivity contribution in [1.29, 1.82) is 0 Å². The molecule has 3 unspecified atom stereocenters. The van der Waals surface area contributed by atoms with Gasteiger partial charge in [-0.1, -0.05) is 66.7 Å². The average molecular weight is 509 g/mol. The number of rotatable bonds is 20. The SMILES string of the molecule is CCCCCC(C)(CCCC)[C@@H]1C[C@@H]2CCC([C@H](C)CCCOCCCN)C2(C)[C@@H](OCCCN)C1. The molecule has 0 aromatic rings. The third kappa shape index (κ3) is 8.68. The van der Waals surface area contributed by atoms with Crippen LogP contribution in [0.1, 0.15) is 131 Å². The third-order valence-electron chi connectivity index (χ3n) is 10.5. The third-order valence-corrected chi connectivity index (χ3v) is 10.5. The quantitative estimate of drug-likeness (QED) is 0.165. The maximum atomic E-state index is 6.83. The van der Waals surface area contributed by atoms with E-state index in [0.717, 1.165) is 75.8 Å². The first kappa shape index (κ1) is 32.1. The molecule has 0 spiro atoms. The average Bonchev–Trinajstić information content (AvgIpc) is 3.22. The Balaban J connectivity index is 2.13. The van der Waals surface area contributed by atoms with Crippen LogP contribution in [-0.4, -0.2) is 39.0 Å². The Morgan fingerprint density at radius 2 is 1.53 bits per heavy atom. The molecule has 0 aromatic heterocycles. The zero-order valence-electron chi connectivity index (χ0n) is 25.0. The molecule has 2 rings (SSSR count). The summed E-state index contributed by atoms with van der Waals surface area (Å²) in [6.45, 7) is 16.4. The molecule has 7 atom stereocenters. The summed E-state index contributed by atoms with van der Waals surface area (Å²) < 4.78 is 12.6. The van der Waals surface area contributed by atoms with Crippen LogP contribution in [0.5, 0.6) is 0 Å². The highest BCUT2D eigenvalue weighted by Gasteiger charge is 2.58. The lowest BCUT2D eigenvalue weighted by atomic mass is 9.53. The highest BCUT2D eigenvalue weighted by Crippen LogP contribution is 2.62. The van der Waals surface area contributed by atoms with E-state index in [2.05, 4.69) is 34.6 Å². The topological polar surface area (TPSA) is 70.5 Å². The number of nitrogens with two attached hydrogens (primary N) is 2. The molecule has 2 aliphatic rings. The van der Waals surface area contributed by atoms with Crippen molar-refractivity contribution in [3.8, 4) is 0 Å². The van der Waals surface area contributed by atoms with Crippen molar-refractivity contribution >= 4 is 0 Å². The Hall–Kier alpha value is -0.160. The molecule has 2 aliphatic carbocycles. The highest BCUT2D eigenvalue weighted by molar-refractivity contribution is 5.07. The maximum Gasteiger partial charge on any atom is 0.0636 e. The molecule has 4 nitrogen and oxygen atoms in total. The summed E-state index contributed by atoms with van der Waals surface area (Å²) in [5, 5.41) is 0. The molecule has 0 amide bonds. The van der Waals surface area contributed by atoms with E-state index < -0.39 is 0 Å². The first-order chi connectivity index (χ1) is 17.4. The van der Waals surface area contributed by atoms with Gasteiger partial charge in [-0.05, 0) is 112 Å². The summed E-state index contributed by atoms with van der Waals surface area (Å²) in [4.78, 5) is 0. The molecule has 0 saturated heterocycles. The number of hydrogen-bond acceptors (Lipinski definition) is 4. The summed E-state index contributed by atoms with van der Waals surface area (Å²) in [5.74, 6) is 3.09. The van der Waals surface area contributed by atoms with E-state index in [4.69, 9.17) is 20.9 Å². The second kappa shape index (κ2) is 16.7. The van der Waals surface area contributed by atoms with Gasteiger partial charge in [0.15, 0.2) is 0 Å². The van der Waals surface area contributed by atoms with Crippen LogP contribution in [0.25, 0.3) is 0 Å². The Bertz CT molecular complexity index is 572. The molecule has 4 N–H and O–H groups in total. The van der Waals surface area contributed by atoms with E-state index in [1.165, 1.54) is 77.0 Å². The summed E-state index contributed by atoms with van der Waals surface area (Å²) in [6, 6.07) is 0. The minimum Gasteiger partial charge on any atom is -0.381 e. The van der Waals surface area contributed by atoms with E-state index in [0.29, 0.717) is 16.9 Å². The van der Waals surface area contributed by atoms with Gasteiger partial charge in [0, 0.05) is 19.8 Å². The molecule has 0 radical (unpaired) electrons. The standard InChI is InChI=1S/C32H64N2O2/c1-6-8-10-18-31(4,17-9-7-2)28-24-27-15-16-29(26(3)14-11-21-35-22-12-19-33)32(27,5)30(25-28)36-23-13-20-34/h26-30H,6-25,33-34H2,1-5H3/t26-,27+,28-,29?,30+,31?,32?/m1/s1. The fourth-order valence-corrected chi connectivity index (χ4v) is 8.04. The van der Waals surface area contributed by atoms with Crippen LogP contribution in [0.3, 0.4) is 0 Å². The summed E-state index contributed by atoms with van der Waals surface area (Å²) in [5.41, 5.74) is 12.2. The van der Waals surface area contributed by atoms with Crippen molar-refractivity contribution in [3.63, 3.8) is 0 Å². The molecule has 0 aliphatic heterocycles. The largest absolute Gasteiger partial charge is 0.381 e. The lowest BCUT2D eigenvalue weighted by Crippen LogP contribution is -2.51. The highest BCUT2D eigenvalue weighted by atomic mass is 16.5. The fourth-order valence-electron chi connectivity index (χ4n) is 8.04. The van der Waals surface area contributed by atoms with E-state index in [-0.39, 0.29) is 0 Å². The van der Waals surface area contributed by atoms with Crippen molar-refractivity contribution in [2.24, 2.45) is 46.0 Å². The number of unbranched alkanes of at least 4 members (excludes halogenated alkanes) is 3. The number of ether oxygens (including phenoxy) is 2. The molecular weight excluding hydrogens is 444 g/mol. The molecule has 0 bridgehead atoms. The Morgan fingerprint density at radius 3 is 2.22 bits per heavy atom. The molecular formula is C32H64N2O2. The van der Waals surface area contributed by atoms with Crippen molar-refractivity contribution in [2.75, 3.05) is 32.9 Å². The van der Waals surface area contributed by atoms with Gasteiger partial charge in [0.25, 0.3) is 0 Å². The van der Waals surface area contributed by atoms with E-state index in [1.54, 1.807) is 0 Å². The van der Waals surface area contributed by atoms with Gasteiger partial charge in [-0.2, -0.15) is 0 Å². The molecule has 4 heteroatoms. The minimum atomic E-state index is 0.306. The van der Waals surface area contributed by atoms with E-state index >= 15 is 0 Å². The summed E-state index contributed by atoms with van der Waals surface area (Å²) in [7, 11) is 0. The van der Waals surface area contributed by atoms with Crippen molar-refractivity contribution in [1.82, 2.24) is 0 Å². The Labute approximate surface area is 225 Å². The predicted molar refractivity (Wildman–Crippen MR) is 155 cm³/mol. The lowest BCUT2D eigenvalue weighted by molar-refractivity contribution is -0.136. The van der Waals surface area contributed by atoms with Crippen LogP contribution in [0, 0.1) is 34.5 Å². The first-order valence-electron chi connectivity index (χ1n) is 16.0. The monoisotopic (exact) mass is 508 g/mol. The molecule has 214 valence electrons. The molecule has 2 fully saturated rings. The maximum absolute atomic E-state index is 6.83. The van der Waals surface area contributed by atoms with Gasteiger partial charge in [0.2, 0.25) is 0 Å². The van der Waals surface area contributed by atoms with Crippen LogP contribution >= 0.6 is 0 Å². The van der Waals surface area contributed by atoms with E-state index in [9.17, 15) is 0 Å². The minimum absolute atomic E-state index is 0.306. The second-order valence-corrected chi connectivity index (χ2v) is 13.0.